The van der Waals surface area contributed by atoms with Gasteiger partial charge >= 0.3 is 7.60 Å². The van der Waals surface area contributed by atoms with Crippen molar-refractivity contribution in [3.63, 3.8) is 0 Å². The molecule has 0 amide bonds. The summed E-state index contributed by atoms with van der Waals surface area (Å²) in [4.78, 5) is 18.3. The van der Waals surface area contributed by atoms with Crippen LogP contribution in [0.1, 0.15) is 0 Å². The van der Waals surface area contributed by atoms with Gasteiger partial charge in [-0.3, -0.25) is 4.57 Å². The number of hydrogen-bond acceptors (Lipinski definition) is 2. The van der Waals surface area contributed by atoms with Gasteiger partial charge in [0.25, 0.3) is 0 Å². The van der Waals surface area contributed by atoms with Gasteiger partial charge in [-0.25, -0.2) is 0 Å². The summed E-state index contributed by atoms with van der Waals surface area (Å²) in [5, 5.41) is 2.00. The molecule has 0 aliphatic carbocycles. The Kier molecular flexibility index (Phi) is 3.49. The van der Waals surface area contributed by atoms with Gasteiger partial charge in [0.1, 0.15) is 5.75 Å². The molecule has 5 nitrogen and oxygen atoms in total. The van der Waals surface area contributed by atoms with Crippen LogP contribution >= 0.6 is 7.60 Å². The van der Waals surface area contributed by atoms with Crippen molar-refractivity contribution in [1.29, 1.82) is 0 Å². The monoisotopic (exact) mass is 305 g/mol. The molecule has 0 aliphatic rings. The first kappa shape index (κ1) is 14.1. The van der Waals surface area contributed by atoms with Gasteiger partial charge in [0, 0.05) is 22.8 Å². The first-order chi connectivity index (χ1) is 10.0. The van der Waals surface area contributed by atoms with E-state index in [9.17, 15) is 4.57 Å². The predicted octanol–water partition coefficient (Wildman–Crippen LogP) is 2.98. The van der Waals surface area contributed by atoms with E-state index in [1.54, 1.807) is 7.11 Å². The molecule has 0 radical (unpaired) electrons. The Hall–Kier alpha value is -1.81. The zero-order valence-electron chi connectivity index (χ0n) is 11.6. The topological polar surface area (TPSA) is 71.7 Å². The van der Waals surface area contributed by atoms with E-state index in [1.807, 2.05) is 47.0 Å². The first-order valence-electron chi connectivity index (χ1n) is 6.60. The highest BCUT2D eigenvalue weighted by atomic mass is 31.2. The number of para-hydroxylation sites is 1. The molecule has 3 aromatic rings. The van der Waals surface area contributed by atoms with E-state index in [0.29, 0.717) is 0 Å². The normalized spacial score (nSPS) is 12.1. The van der Waals surface area contributed by atoms with E-state index in [1.165, 1.54) is 0 Å². The molecule has 1 aromatic heterocycles. The smallest absolute Gasteiger partial charge is 0.327 e. The molecule has 0 fully saturated rings. The average Bonchev–Trinajstić information content (AvgIpc) is 2.78. The molecule has 6 heteroatoms. The minimum absolute atomic E-state index is 0.183. The maximum atomic E-state index is 11.2. The number of methoxy groups -OCH3 is 1. The molecule has 0 bridgehead atoms. The van der Waals surface area contributed by atoms with Crippen LogP contribution in [0.4, 0.5) is 0 Å². The Balaban J connectivity index is 2.28. The lowest BCUT2D eigenvalue weighted by atomic mass is 10.1. The molecule has 0 saturated carbocycles. The van der Waals surface area contributed by atoms with Gasteiger partial charge in [-0.05, 0) is 18.2 Å². The van der Waals surface area contributed by atoms with E-state index in [-0.39, 0.29) is 12.7 Å². The zero-order chi connectivity index (χ0) is 15.0. The summed E-state index contributed by atoms with van der Waals surface area (Å²) in [6, 6.07) is 13.5. The Morgan fingerprint density at radius 1 is 1.10 bits per heavy atom. The fraction of sp³-hybridized carbons (Fsp3) is 0.200. The number of benzene rings is 2. The van der Waals surface area contributed by atoms with E-state index in [4.69, 9.17) is 14.5 Å². The van der Waals surface area contributed by atoms with Crippen LogP contribution in [0.5, 0.6) is 5.75 Å². The highest BCUT2D eigenvalue weighted by Gasteiger charge is 2.17. The molecule has 2 N–H and O–H groups in total. The molecule has 0 aliphatic heterocycles. The number of aromatic nitrogens is 1. The van der Waals surface area contributed by atoms with Crippen LogP contribution in [0.25, 0.3) is 21.8 Å². The minimum Gasteiger partial charge on any atom is -0.496 e. The molecular formula is C15H16NO4P. The van der Waals surface area contributed by atoms with Crippen molar-refractivity contribution in [3.05, 3.63) is 42.5 Å². The second-order valence-electron chi connectivity index (χ2n) is 4.91. The van der Waals surface area contributed by atoms with Gasteiger partial charge in [-0.1, -0.05) is 24.3 Å². The van der Waals surface area contributed by atoms with Gasteiger partial charge in [0.15, 0.2) is 0 Å². The molecule has 0 atom stereocenters. The summed E-state index contributed by atoms with van der Waals surface area (Å²) in [7, 11) is -2.41. The molecule has 21 heavy (non-hydrogen) atoms. The second kappa shape index (κ2) is 5.19. The van der Waals surface area contributed by atoms with Gasteiger partial charge in [-0.2, -0.15) is 0 Å². The molecule has 1 heterocycles. The Morgan fingerprint density at radius 2 is 1.81 bits per heavy atom. The average molecular weight is 305 g/mol. The molecule has 0 unspecified atom stereocenters. The Bertz CT molecular complexity index is 849. The molecular weight excluding hydrogens is 289 g/mol. The highest BCUT2D eigenvalue weighted by molar-refractivity contribution is 7.51. The lowest BCUT2D eigenvalue weighted by Gasteiger charge is -2.09. The number of aryl methyl sites for hydroxylation is 1. The quantitative estimate of drug-likeness (QED) is 0.727. The summed E-state index contributed by atoms with van der Waals surface area (Å²) in [5.74, 6) is 0.763. The second-order valence-corrected chi connectivity index (χ2v) is 6.69. The SMILES string of the molecule is COc1cccc2c1c1ccccc1n2CCP(=O)(O)O. The van der Waals surface area contributed by atoms with E-state index >= 15 is 0 Å². The predicted molar refractivity (Wildman–Crippen MR) is 82.9 cm³/mol. The summed E-state index contributed by atoms with van der Waals surface area (Å²) < 4.78 is 18.5. The van der Waals surface area contributed by atoms with E-state index < -0.39 is 7.60 Å². The summed E-state index contributed by atoms with van der Waals surface area (Å²) in [6.07, 6.45) is -0.183. The fourth-order valence-corrected chi connectivity index (χ4v) is 3.17. The van der Waals surface area contributed by atoms with Crippen LogP contribution < -0.4 is 4.74 Å². The van der Waals surface area contributed by atoms with Crippen LogP contribution in [0.3, 0.4) is 0 Å². The van der Waals surface area contributed by atoms with Crippen LogP contribution in [0.15, 0.2) is 42.5 Å². The largest absolute Gasteiger partial charge is 0.496 e. The molecule has 3 rings (SSSR count). The first-order valence-corrected chi connectivity index (χ1v) is 8.39. The number of ether oxygens (including phenoxy) is 1. The molecule has 0 saturated heterocycles. The van der Waals surface area contributed by atoms with Gasteiger partial charge in [0.05, 0.1) is 18.8 Å². The number of nitrogens with zero attached hydrogens (tertiary/aromatic N) is 1. The van der Waals surface area contributed by atoms with Crippen LogP contribution in [-0.2, 0) is 11.1 Å². The van der Waals surface area contributed by atoms with Crippen molar-refractivity contribution >= 4 is 29.4 Å². The maximum Gasteiger partial charge on any atom is 0.327 e. The van der Waals surface area contributed by atoms with Crippen molar-refractivity contribution in [2.24, 2.45) is 0 Å². The Labute approximate surface area is 121 Å². The number of fused-ring (bicyclic) bond motifs is 3. The minimum atomic E-state index is -4.03. The van der Waals surface area contributed by atoms with Crippen LogP contribution in [0, 0.1) is 0 Å². The van der Waals surface area contributed by atoms with Crippen LogP contribution in [-0.4, -0.2) is 27.6 Å². The summed E-state index contributed by atoms with van der Waals surface area (Å²) >= 11 is 0. The maximum absolute atomic E-state index is 11.2. The summed E-state index contributed by atoms with van der Waals surface area (Å²) in [5.41, 5.74) is 1.87. The van der Waals surface area contributed by atoms with E-state index in [0.717, 1.165) is 27.6 Å². The third kappa shape index (κ3) is 2.56. The van der Waals surface area contributed by atoms with Gasteiger partial charge < -0.3 is 19.1 Å². The van der Waals surface area contributed by atoms with Gasteiger partial charge in [0.2, 0.25) is 0 Å². The number of hydrogen-bond donors (Lipinski definition) is 2. The third-order valence-electron chi connectivity index (χ3n) is 3.59. The fourth-order valence-electron chi connectivity index (χ4n) is 2.71. The van der Waals surface area contributed by atoms with Crippen LogP contribution in [0.2, 0.25) is 0 Å². The Morgan fingerprint density at radius 3 is 2.52 bits per heavy atom. The third-order valence-corrected chi connectivity index (χ3v) is 4.38. The molecule has 0 spiro atoms. The van der Waals surface area contributed by atoms with Crippen molar-refractivity contribution < 1.29 is 19.1 Å². The van der Waals surface area contributed by atoms with Crippen molar-refractivity contribution in [2.45, 2.75) is 6.54 Å². The number of rotatable bonds is 4. The van der Waals surface area contributed by atoms with Crippen molar-refractivity contribution in [3.8, 4) is 5.75 Å². The lowest BCUT2D eigenvalue weighted by molar-refractivity contribution is 0.370. The van der Waals surface area contributed by atoms with Crippen molar-refractivity contribution in [2.75, 3.05) is 13.3 Å². The lowest BCUT2D eigenvalue weighted by Crippen LogP contribution is -2.02. The molecule has 110 valence electrons. The van der Waals surface area contributed by atoms with Gasteiger partial charge in [-0.15, -0.1) is 0 Å². The highest BCUT2D eigenvalue weighted by Crippen LogP contribution is 2.38. The van der Waals surface area contributed by atoms with E-state index in [2.05, 4.69) is 0 Å². The summed E-state index contributed by atoms with van der Waals surface area (Å²) in [6.45, 7) is 0.265. The van der Waals surface area contributed by atoms with Crippen molar-refractivity contribution in [1.82, 2.24) is 4.57 Å². The zero-order valence-corrected chi connectivity index (χ0v) is 12.5. The standard InChI is InChI=1S/C15H16NO4P/c1-20-14-8-4-7-13-15(14)11-5-2-3-6-12(11)16(13)9-10-21(17,18)19/h2-8H,9-10H2,1H3,(H2,17,18,19). The molecule has 2 aromatic carbocycles.